The van der Waals surface area contributed by atoms with Crippen LogP contribution in [0, 0.1) is 0 Å². The first-order chi connectivity index (χ1) is 12.6. The Labute approximate surface area is 160 Å². The van der Waals surface area contributed by atoms with Crippen LogP contribution >= 0.6 is 21.6 Å². The minimum atomic E-state index is -0.918. The first-order valence-electron chi connectivity index (χ1n) is 7.80. The molecule has 0 heterocycles. The van der Waals surface area contributed by atoms with Gasteiger partial charge in [0.05, 0.1) is 11.1 Å². The van der Waals surface area contributed by atoms with Crippen LogP contribution in [0.5, 0.6) is 0 Å². The molecule has 0 amide bonds. The molecule has 4 nitrogen and oxygen atoms in total. The van der Waals surface area contributed by atoms with Crippen LogP contribution in [0.1, 0.15) is 31.8 Å². The molecule has 134 valence electrons. The molecule has 0 fully saturated rings. The molecule has 0 unspecified atom stereocenters. The van der Waals surface area contributed by atoms with Gasteiger partial charge in [-0.3, -0.25) is 0 Å². The highest BCUT2D eigenvalue weighted by Crippen LogP contribution is 2.22. The van der Waals surface area contributed by atoms with E-state index in [1.165, 1.54) is 0 Å². The Bertz CT molecular complexity index is 724. The third-order valence-corrected chi connectivity index (χ3v) is 5.49. The van der Waals surface area contributed by atoms with Gasteiger partial charge in [-0.05, 0) is 35.4 Å². The average molecular weight is 386 g/mol. The van der Waals surface area contributed by atoms with Crippen molar-refractivity contribution >= 4 is 45.7 Å². The summed E-state index contributed by atoms with van der Waals surface area (Å²) in [6, 6.07) is 13.5. The van der Waals surface area contributed by atoms with E-state index in [1.807, 2.05) is 24.3 Å². The summed E-state index contributed by atoms with van der Waals surface area (Å²) in [5.41, 5.74) is 2.53. The van der Waals surface area contributed by atoms with Crippen molar-refractivity contribution in [2.24, 2.45) is 0 Å². The number of benzene rings is 2. The first-order valence-corrected chi connectivity index (χ1v) is 10.3. The van der Waals surface area contributed by atoms with Gasteiger partial charge in [-0.25, -0.2) is 9.59 Å². The standard InChI is InChI=1S/C20H18O4S2/c21-19(22)17-9-5-15(6-10-17)3-1-13-25-26-14-2-4-16-7-11-18(12-8-16)20(23)24/h1-12H,13-14H2,(H,21,22)(H,23,24)/b3-1+,4-2+. The zero-order valence-corrected chi connectivity index (χ0v) is 15.5. The summed E-state index contributed by atoms with van der Waals surface area (Å²) < 4.78 is 0. The topological polar surface area (TPSA) is 74.6 Å². The van der Waals surface area contributed by atoms with Crippen molar-refractivity contribution in [3.63, 3.8) is 0 Å². The summed E-state index contributed by atoms with van der Waals surface area (Å²) in [6.45, 7) is 0. The van der Waals surface area contributed by atoms with Crippen molar-refractivity contribution in [2.75, 3.05) is 11.5 Å². The lowest BCUT2D eigenvalue weighted by atomic mass is 10.1. The van der Waals surface area contributed by atoms with Gasteiger partial charge in [0.15, 0.2) is 0 Å². The van der Waals surface area contributed by atoms with E-state index >= 15 is 0 Å². The van der Waals surface area contributed by atoms with Crippen molar-refractivity contribution in [1.29, 1.82) is 0 Å². The molecule has 26 heavy (non-hydrogen) atoms. The Hall–Kier alpha value is -2.44. The molecule has 6 heteroatoms. The largest absolute Gasteiger partial charge is 0.478 e. The fourth-order valence-electron chi connectivity index (χ4n) is 2.02. The summed E-state index contributed by atoms with van der Waals surface area (Å²) in [5, 5.41) is 17.7. The van der Waals surface area contributed by atoms with E-state index < -0.39 is 11.9 Å². The second-order valence-corrected chi connectivity index (χ2v) is 7.78. The number of carboxylic acid groups (broad SMARTS) is 2. The van der Waals surface area contributed by atoms with Gasteiger partial charge in [0.1, 0.15) is 0 Å². The monoisotopic (exact) mass is 386 g/mol. The number of carbonyl (C=O) groups is 2. The first kappa shape index (κ1) is 19.9. The molecular formula is C20H18O4S2. The smallest absolute Gasteiger partial charge is 0.335 e. The van der Waals surface area contributed by atoms with Crippen LogP contribution < -0.4 is 0 Å². The van der Waals surface area contributed by atoms with Crippen molar-refractivity contribution in [3.8, 4) is 0 Å². The van der Waals surface area contributed by atoms with E-state index in [-0.39, 0.29) is 11.1 Å². The van der Waals surface area contributed by atoms with Gasteiger partial charge in [0.25, 0.3) is 0 Å². The maximum absolute atomic E-state index is 10.8. The highest BCUT2D eigenvalue weighted by Gasteiger charge is 2.00. The van der Waals surface area contributed by atoms with E-state index in [9.17, 15) is 9.59 Å². The summed E-state index contributed by atoms with van der Waals surface area (Å²) in [5.74, 6) is -0.129. The van der Waals surface area contributed by atoms with Crippen LogP contribution in [0.4, 0.5) is 0 Å². The molecule has 0 saturated heterocycles. The highest BCUT2D eigenvalue weighted by molar-refractivity contribution is 8.76. The van der Waals surface area contributed by atoms with Gasteiger partial charge in [-0.15, -0.1) is 0 Å². The van der Waals surface area contributed by atoms with Gasteiger partial charge in [0, 0.05) is 11.5 Å². The molecule has 0 aliphatic carbocycles. The molecule has 2 rings (SSSR count). The number of rotatable bonds is 9. The lowest BCUT2D eigenvalue weighted by Gasteiger charge is -1.97. The summed E-state index contributed by atoms with van der Waals surface area (Å²) >= 11 is 0. The second kappa shape index (κ2) is 10.5. The number of hydrogen-bond acceptors (Lipinski definition) is 4. The molecule has 0 aliphatic heterocycles. The maximum atomic E-state index is 10.8. The predicted octanol–water partition coefficient (Wildman–Crippen LogP) is 5.19. The number of aromatic carboxylic acids is 2. The molecule has 0 spiro atoms. The van der Waals surface area contributed by atoms with Crippen LogP contribution in [0.25, 0.3) is 12.2 Å². The highest BCUT2D eigenvalue weighted by atomic mass is 33.1. The SMILES string of the molecule is O=C(O)c1ccc(/C=C/CSSC/C=C/c2ccc(C(=O)O)cc2)cc1. The molecule has 0 aromatic heterocycles. The summed E-state index contributed by atoms with van der Waals surface area (Å²) in [7, 11) is 3.46. The molecule has 0 atom stereocenters. The van der Waals surface area contributed by atoms with Crippen LogP contribution in [0.15, 0.2) is 60.7 Å². The van der Waals surface area contributed by atoms with E-state index in [1.54, 1.807) is 70.1 Å². The molecule has 2 aromatic carbocycles. The summed E-state index contributed by atoms with van der Waals surface area (Å²) in [6.07, 6.45) is 8.03. The van der Waals surface area contributed by atoms with E-state index in [0.29, 0.717) is 0 Å². The molecule has 0 bridgehead atoms. The summed E-state index contributed by atoms with van der Waals surface area (Å²) in [4.78, 5) is 21.6. The van der Waals surface area contributed by atoms with Gasteiger partial charge in [-0.2, -0.15) is 0 Å². The van der Waals surface area contributed by atoms with Gasteiger partial charge >= 0.3 is 11.9 Å². The number of hydrogen-bond donors (Lipinski definition) is 2. The molecule has 0 saturated carbocycles. The minimum Gasteiger partial charge on any atom is -0.478 e. The van der Waals surface area contributed by atoms with Crippen molar-refractivity contribution in [3.05, 3.63) is 82.9 Å². The van der Waals surface area contributed by atoms with Crippen LogP contribution in [0.2, 0.25) is 0 Å². The lowest BCUT2D eigenvalue weighted by Crippen LogP contribution is -1.94. The average Bonchev–Trinajstić information content (AvgIpc) is 2.64. The minimum absolute atomic E-state index is 0.288. The van der Waals surface area contributed by atoms with E-state index in [0.717, 1.165) is 22.6 Å². The van der Waals surface area contributed by atoms with Gasteiger partial charge in [-0.1, -0.05) is 70.2 Å². The third kappa shape index (κ3) is 6.82. The quantitative estimate of drug-likeness (QED) is 0.456. The Kier molecular flexibility index (Phi) is 8.05. The zero-order chi connectivity index (χ0) is 18.8. The zero-order valence-electron chi connectivity index (χ0n) is 13.9. The molecule has 2 N–H and O–H groups in total. The van der Waals surface area contributed by atoms with E-state index in [2.05, 4.69) is 0 Å². The molecular weight excluding hydrogens is 368 g/mol. The maximum Gasteiger partial charge on any atom is 0.335 e. The third-order valence-electron chi connectivity index (χ3n) is 3.35. The van der Waals surface area contributed by atoms with E-state index in [4.69, 9.17) is 10.2 Å². The van der Waals surface area contributed by atoms with Crippen LogP contribution in [-0.4, -0.2) is 33.7 Å². The van der Waals surface area contributed by atoms with Crippen molar-refractivity contribution in [2.45, 2.75) is 0 Å². The Balaban J connectivity index is 1.65. The van der Waals surface area contributed by atoms with Gasteiger partial charge < -0.3 is 10.2 Å². The van der Waals surface area contributed by atoms with Crippen molar-refractivity contribution < 1.29 is 19.8 Å². The Morgan fingerprint density at radius 1 is 0.692 bits per heavy atom. The normalized spacial score (nSPS) is 11.2. The predicted molar refractivity (Wildman–Crippen MR) is 110 cm³/mol. The fraction of sp³-hybridized carbons (Fsp3) is 0.100. The molecule has 0 radical (unpaired) electrons. The Morgan fingerprint density at radius 2 is 1.04 bits per heavy atom. The van der Waals surface area contributed by atoms with Crippen molar-refractivity contribution in [1.82, 2.24) is 0 Å². The lowest BCUT2D eigenvalue weighted by molar-refractivity contribution is 0.0686. The van der Waals surface area contributed by atoms with Gasteiger partial charge in [0.2, 0.25) is 0 Å². The van der Waals surface area contributed by atoms with Crippen LogP contribution in [0.3, 0.4) is 0 Å². The second-order valence-electron chi connectivity index (χ2n) is 5.23. The Morgan fingerprint density at radius 3 is 1.35 bits per heavy atom. The molecule has 0 aliphatic rings. The molecule has 2 aromatic rings. The number of carboxylic acids is 2. The van der Waals surface area contributed by atoms with Crippen LogP contribution in [-0.2, 0) is 0 Å². The fourth-order valence-corrected chi connectivity index (χ4v) is 3.61.